The van der Waals surface area contributed by atoms with Gasteiger partial charge in [-0.15, -0.1) is 0 Å². The fourth-order valence-electron chi connectivity index (χ4n) is 1.82. The smallest absolute Gasteiger partial charge is 0.230 e. The van der Waals surface area contributed by atoms with Crippen molar-refractivity contribution in [3.8, 4) is 0 Å². The van der Waals surface area contributed by atoms with Crippen LogP contribution in [0.1, 0.15) is 51.0 Å². The van der Waals surface area contributed by atoms with Crippen molar-refractivity contribution in [3.63, 3.8) is 0 Å². The van der Waals surface area contributed by atoms with Crippen molar-refractivity contribution in [1.82, 2.24) is 10.1 Å². The average Bonchev–Trinajstić information content (AvgIpc) is 2.75. The van der Waals surface area contributed by atoms with Crippen molar-refractivity contribution in [2.24, 2.45) is 0 Å². The lowest BCUT2D eigenvalue weighted by Gasteiger charge is -2.21. The Labute approximate surface area is 109 Å². The van der Waals surface area contributed by atoms with E-state index in [-0.39, 0.29) is 5.91 Å². The molecule has 0 saturated heterocycles. The van der Waals surface area contributed by atoms with Crippen molar-refractivity contribution in [3.05, 3.63) is 17.5 Å². The third-order valence-electron chi connectivity index (χ3n) is 2.92. The van der Waals surface area contributed by atoms with E-state index in [2.05, 4.69) is 19.0 Å². The van der Waals surface area contributed by atoms with Crippen molar-refractivity contribution < 1.29 is 9.32 Å². The zero-order chi connectivity index (χ0) is 13.4. The molecular formula is C14H24N2O2. The number of carbonyl (C=O) groups is 1. The average molecular weight is 252 g/mol. The summed E-state index contributed by atoms with van der Waals surface area (Å²) in [5.41, 5.74) is 0.825. The number of rotatable bonds is 8. The van der Waals surface area contributed by atoms with Crippen molar-refractivity contribution in [2.75, 3.05) is 13.1 Å². The number of hydrogen-bond acceptors (Lipinski definition) is 3. The molecule has 0 atom stereocenters. The lowest BCUT2D eigenvalue weighted by atomic mass is 10.2. The molecule has 102 valence electrons. The van der Waals surface area contributed by atoms with E-state index in [9.17, 15) is 4.79 Å². The second-order valence-electron chi connectivity index (χ2n) is 4.70. The van der Waals surface area contributed by atoms with Crippen LogP contribution in [0.15, 0.2) is 10.6 Å². The molecule has 4 heteroatoms. The maximum atomic E-state index is 12.2. The van der Waals surface area contributed by atoms with Gasteiger partial charge in [0.05, 0.1) is 12.1 Å². The Balaban J connectivity index is 2.51. The van der Waals surface area contributed by atoms with Crippen LogP contribution in [-0.2, 0) is 11.2 Å². The van der Waals surface area contributed by atoms with Crippen LogP contribution in [0.5, 0.6) is 0 Å². The topological polar surface area (TPSA) is 46.3 Å². The molecule has 0 radical (unpaired) electrons. The Morgan fingerprint density at radius 1 is 1.28 bits per heavy atom. The van der Waals surface area contributed by atoms with Gasteiger partial charge >= 0.3 is 0 Å². The molecule has 1 rings (SSSR count). The highest BCUT2D eigenvalue weighted by Crippen LogP contribution is 2.07. The second kappa shape index (κ2) is 7.90. The molecule has 0 aliphatic heterocycles. The zero-order valence-electron chi connectivity index (χ0n) is 11.7. The molecular weight excluding hydrogens is 228 g/mol. The van der Waals surface area contributed by atoms with Gasteiger partial charge in [0.25, 0.3) is 0 Å². The molecule has 0 aliphatic carbocycles. The van der Waals surface area contributed by atoms with E-state index in [1.165, 1.54) is 0 Å². The third kappa shape index (κ3) is 4.90. The summed E-state index contributed by atoms with van der Waals surface area (Å²) >= 11 is 0. The van der Waals surface area contributed by atoms with Crippen molar-refractivity contribution in [2.45, 2.75) is 52.9 Å². The number of nitrogens with zero attached hydrogens (tertiary/aromatic N) is 2. The van der Waals surface area contributed by atoms with Crippen LogP contribution in [0, 0.1) is 6.92 Å². The lowest BCUT2D eigenvalue weighted by Crippen LogP contribution is -2.34. The van der Waals surface area contributed by atoms with Gasteiger partial charge in [0, 0.05) is 19.2 Å². The predicted octanol–water partition coefficient (Wildman–Crippen LogP) is 2.95. The standard InChI is InChI=1S/C14H24N2O2/c1-4-6-8-16(9-7-5-2)14(17)11-13-10-12(3)15-18-13/h10H,4-9,11H2,1-3H3. The van der Waals surface area contributed by atoms with E-state index >= 15 is 0 Å². The van der Waals surface area contributed by atoms with Gasteiger partial charge in [0.1, 0.15) is 5.76 Å². The van der Waals surface area contributed by atoms with Gasteiger partial charge in [0.2, 0.25) is 5.91 Å². The summed E-state index contributed by atoms with van der Waals surface area (Å²) in [5.74, 6) is 0.809. The van der Waals surface area contributed by atoms with Crippen molar-refractivity contribution in [1.29, 1.82) is 0 Å². The lowest BCUT2D eigenvalue weighted by molar-refractivity contribution is -0.131. The minimum Gasteiger partial charge on any atom is -0.361 e. The van der Waals surface area contributed by atoms with Gasteiger partial charge in [-0.3, -0.25) is 4.79 Å². The first-order chi connectivity index (χ1) is 8.67. The van der Waals surface area contributed by atoms with Crippen LogP contribution in [-0.4, -0.2) is 29.1 Å². The summed E-state index contributed by atoms with van der Waals surface area (Å²) in [7, 11) is 0. The Morgan fingerprint density at radius 2 is 1.89 bits per heavy atom. The highest BCUT2D eigenvalue weighted by atomic mass is 16.5. The van der Waals surface area contributed by atoms with Crippen LogP contribution in [0.2, 0.25) is 0 Å². The fraction of sp³-hybridized carbons (Fsp3) is 0.714. The Morgan fingerprint density at radius 3 is 2.33 bits per heavy atom. The summed E-state index contributed by atoms with van der Waals surface area (Å²) in [6, 6.07) is 1.83. The molecule has 0 saturated carbocycles. The summed E-state index contributed by atoms with van der Waals surface area (Å²) < 4.78 is 5.10. The van der Waals surface area contributed by atoms with Gasteiger partial charge in [0.15, 0.2) is 0 Å². The first-order valence-electron chi connectivity index (χ1n) is 6.87. The molecule has 1 heterocycles. The van der Waals surface area contributed by atoms with Crippen LogP contribution >= 0.6 is 0 Å². The zero-order valence-corrected chi connectivity index (χ0v) is 11.7. The molecule has 0 N–H and O–H groups in total. The Bertz CT molecular complexity index is 352. The molecule has 1 amide bonds. The van der Waals surface area contributed by atoms with E-state index in [0.717, 1.165) is 44.5 Å². The second-order valence-corrected chi connectivity index (χ2v) is 4.70. The van der Waals surface area contributed by atoms with Gasteiger partial charge in [-0.25, -0.2) is 0 Å². The van der Waals surface area contributed by atoms with Crippen LogP contribution in [0.3, 0.4) is 0 Å². The van der Waals surface area contributed by atoms with Crippen molar-refractivity contribution >= 4 is 5.91 Å². The van der Waals surface area contributed by atoms with E-state index in [0.29, 0.717) is 12.2 Å². The number of amides is 1. The fourth-order valence-corrected chi connectivity index (χ4v) is 1.82. The van der Waals surface area contributed by atoms with Crippen LogP contribution in [0.25, 0.3) is 0 Å². The number of hydrogen-bond donors (Lipinski definition) is 0. The van der Waals surface area contributed by atoms with E-state index in [1.54, 1.807) is 0 Å². The highest BCUT2D eigenvalue weighted by molar-refractivity contribution is 5.78. The largest absolute Gasteiger partial charge is 0.361 e. The van der Waals surface area contributed by atoms with Crippen LogP contribution < -0.4 is 0 Å². The molecule has 1 aromatic rings. The molecule has 0 spiro atoms. The number of aryl methyl sites for hydroxylation is 1. The van der Waals surface area contributed by atoms with Gasteiger partial charge in [-0.2, -0.15) is 0 Å². The molecule has 0 aromatic carbocycles. The monoisotopic (exact) mass is 252 g/mol. The summed E-state index contributed by atoms with van der Waals surface area (Å²) in [4.78, 5) is 14.1. The summed E-state index contributed by atoms with van der Waals surface area (Å²) in [6.45, 7) is 7.85. The number of aromatic nitrogens is 1. The van der Waals surface area contributed by atoms with E-state index in [4.69, 9.17) is 4.52 Å². The molecule has 0 aliphatic rings. The van der Waals surface area contributed by atoms with Gasteiger partial charge in [-0.1, -0.05) is 31.8 Å². The minimum atomic E-state index is 0.146. The molecule has 0 bridgehead atoms. The summed E-state index contributed by atoms with van der Waals surface area (Å²) in [6.07, 6.45) is 4.67. The van der Waals surface area contributed by atoms with Gasteiger partial charge < -0.3 is 9.42 Å². The van der Waals surface area contributed by atoms with E-state index in [1.807, 2.05) is 17.9 Å². The minimum absolute atomic E-state index is 0.146. The predicted molar refractivity (Wildman–Crippen MR) is 71.3 cm³/mol. The number of unbranched alkanes of at least 4 members (excludes halogenated alkanes) is 2. The molecule has 4 nitrogen and oxygen atoms in total. The first-order valence-corrected chi connectivity index (χ1v) is 6.87. The molecule has 1 aromatic heterocycles. The summed E-state index contributed by atoms with van der Waals surface area (Å²) in [5, 5.41) is 3.81. The maximum absolute atomic E-state index is 12.2. The molecule has 0 unspecified atom stereocenters. The normalized spacial score (nSPS) is 10.6. The van der Waals surface area contributed by atoms with Gasteiger partial charge in [-0.05, 0) is 19.8 Å². The SMILES string of the molecule is CCCCN(CCCC)C(=O)Cc1cc(C)no1. The van der Waals surface area contributed by atoms with Crippen LogP contribution in [0.4, 0.5) is 0 Å². The Hall–Kier alpha value is -1.32. The third-order valence-corrected chi connectivity index (χ3v) is 2.92. The molecule has 18 heavy (non-hydrogen) atoms. The quantitative estimate of drug-likeness (QED) is 0.714. The molecule has 0 fully saturated rings. The first kappa shape index (κ1) is 14.7. The Kier molecular flexibility index (Phi) is 6.47. The number of carbonyl (C=O) groups excluding carboxylic acids is 1. The highest BCUT2D eigenvalue weighted by Gasteiger charge is 2.15. The van der Waals surface area contributed by atoms with E-state index < -0.39 is 0 Å². The maximum Gasteiger partial charge on any atom is 0.230 e.